The number of rotatable bonds is 17. The van der Waals surface area contributed by atoms with Crippen molar-refractivity contribution in [1.29, 1.82) is 0 Å². The van der Waals surface area contributed by atoms with E-state index in [1.807, 2.05) is 30.9 Å². The molecule has 3 heterocycles. The van der Waals surface area contributed by atoms with E-state index < -0.39 is 0 Å². The van der Waals surface area contributed by atoms with Crippen molar-refractivity contribution in [1.82, 2.24) is 28.7 Å². The largest absolute Gasteiger partial charge is 0.340 e. The van der Waals surface area contributed by atoms with E-state index in [1.54, 1.807) is 24.4 Å². The van der Waals surface area contributed by atoms with Crippen molar-refractivity contribution < 1.29 is 73.5 Å². The third-order valence-electron chi connectivity index (χ3n) is 19.2. The Labute approximate surface area is 637 Å². The number of imidazole rings is 3. The Morgan fingerprint density at radius 2 is 0.683 bits per heavy atom. The van der Waals surface area contributed by atoms with Crippen LogP contribution in [0, 0.1) is 47.5 Å². The molecule has 2 aliphatic rings. The van der Waals surface area contributed by atoms with E-state index in [1.165, 1.54) is 179 Å². The van der Waals surface area contributed by atoms with Crippen LogP contribution in [-0.2, 0) is 73.2 Å². The SMILES string of the molecule is CC(C)Cc1cc(-c2ccccc2)cc(CC(C)C)c1-n1ccnc1-c1[c-]cc(F)cc1.CC(C)c1cc(-c2ccccc2)cc(C(C)C)c1-n1ccnc1-c1[c-]cc(F)cc1.Fc1c[c-]c(-c2nccn2-c2c(C3CCCCC3)cc(-c3ccccc3)cc2C2CCCCC2)cc1.[Ir].[Ir].[Ir]. The quantitative estimate of drug-likeness (QED) is 0.0854. The smallest absolute Gasteiger partial charge is 0.0602 e. The predicted molar refractivity (Wildman–Crippen MR) is 397 cm³/mol. The van der Waals surface area contributed by atoms with Crippen LogP contribution in [0.25, 0.3) is 84.6 Å². The van der Waals surface area contributed by atoms with Crippen molar-refractivity contribution in [2.24, 2.45) is 11.8 Å². The van der Waals surface area contributed by atoms with Gasteiger partial charge in [-0.25, -0.2) is 0 Å². The first-order chi connectivity index (χ1) is 47.6. The minimum absolute atomic E-state index is 0. The Balaban J connectivity index is 0.000000175. The van der Waals surface area contributed by atoms with Crippen molar-refractivity contribution in [3.63, 3.8) is 0 Å². The molecule has 0 N–H and O–H groups in total. The van der Waals surface area contributed by atoms with Gasteiger partial charge in [0, 0.05) is 132 Å². The van der Waals surface area contributed by atoms with Gasteiger partial charge in [-0.1, -0.05) is 185 Å². The summed E-state index contributed by atoms with van der Waals surface area (Å²) in [5, 5.41) is 0. The van der Waals surface area contributed by atoms with Crippen LogP contribution in [0.1, 0.15) is 177 Å². The molecule has 0 spiro atoms. The summed E-state index contributed by atoms with van der Waals surface area (Å²) in [5.41, 5.74) is 21.6. The van der Waals surface area contributed by atoms with Gasteiger partial charge in [0.1, 0.15) is 0 Å². The van der Waals surface area contributed by atoms with E-state index in [2.05, 4.69) is 225 Å². The van der Waals surface area contributed by atoms with Gasteiger partial charge in [-0.2, -0.15) is 0 Å². The summed E-state index contributed by atoms with van der Waals surface area (Å²) in [4.78, 5) is 14.0. The molecule has 12 heteroatoms. The molecule has 0 bridgehead atoms. The van der Waals surface area contributed by atoms with Crippen LogP contribution >= 0.6 is 0 Å². The number of hydrogen-bond acceptors (Lipinski definition) is 3. The zero-order valence-corrected chi connectivity index (χ0v) is 66.2. The van der Waals surface area contributed by atoms with Gasteiger partial charge in [-0.05, 0) is 177 Å². The Morgan fingerprint density at radius 3 is 1.00 bits per heavy atom. The minimum atomic E-state index is -0.296. The predicted octanol–water partition coefficient (Wildman–Crippen LogP) is 24.2. The van der Waals surface area contributed by atoms with Crippen molar-refractivity contribution >= 4 is 0 Å². The maximum Gasteiger partial charge on any atom is 0.0602 e. The fourth-order valence-electron chi connectivity index (χ4n) is 14.6. The number of hydrogen-bond donors (Lipinski definition) is 0. The minimum Gasteiger partial charge on any atom is -0.340 e. The molecule has 101 heavy (non-hydrogen) atoms. The van der Waals surface area contributed by atoms with Crippen LogP contribution < -0.4 is 0 Å². The van der Waals surface area contributed by atoms with Crippen molar-refractivity contribution in [3.05, 3.63) is 288 Å². The van der Waals surface area contributed by atoms with Gasteiger partial charge in [0.2, 0.25) is 0 Å². The van der Waals surface area contributed by atoms with E-state index in [0.29, 0.717) is 35.5 Å². The second-order valence-electron chi connectivity index (χ2n) is 28.0. The van der Waals surface area contributed by atoms with Crippen LogP contribution in [0.4, 0.5) is 13.2 Å². The van der Waals surface area contributed by atoms with Crippen LogP contribution in [0.15, 0.2) is 219 Å². The molecule has 3 radical (unpaired) electrons. The molecular weight excluding hydrogens is 1790 g/mol. The maximum atomic E-state index is 13.7. The van der Waals surface area contributed by atoms with E-state index in [4.69, 9.17) is 4.98 Å². The summed E-state index contributed by atoms with van der Waals surface area (Å²) < 4.78 is 47.2. The van der Waals surface area contributed by atoms with Gasteiger partial charge >= 0.3 is 0 Å². The first-order valence-electron chi connectivity index (χ1n) is 35.5. The first kappa shape index (κ1) is 77.5. The van der Waals surface area contributed by atoms with Crippen molar-refractivity contribution in [3.8, 4) is 84.6 Å². The average molecular weight is 1880 g/mol. The Bertz CT molecular complexity index is 4450. The summed E-state index contributed by atoms with van der Waals surface area (Å²) in [6.45, 7) is 17.9. The summed E-state index contributed by atoms with van der Waals surface area (Å²) >= 11 is 0. The van der Waals surface area contributed by atoms with E-state index in [0.717, 1.165) is 52.7 Å². The van der Waals surface area contributed by atoms with Crippen LogP contribution in [0.5, 0.6) is 0 Å². The Kier molecular flexibility index (Phi) is 28.0. The normalized spacial score (nSPS) is 13.2. The van der Waals surface area contributed by atoms with Gasteiger partial charge in [-0.15, -0.1) is 89.5 Å². The monoisotopic (exact) mass is 1880 g/mol. The molecular formula is C89H90F3Ir3N6-3. The molecule has 0 unspecified atom stereocenters. The molecule has 3 aromatic heterocycles. The second kappa shape index (κ2) is 36.5. The average Bonchev–Trinajstić information content (AvgIpc) is 1.76. The third-order valence-corrected chi connectivity index (χ3v) is 19.2. The van der Waals surface area contributed by atoms with Gasteiger partial charge in [-0.3, -0.25) is 28.1 Å². The molecule has 0 saturated heterocycles. The molecule has 0 aliphatic heterocycles. The summed E-state index contributed by atoms with van der Waals surface area (Å²) in [6.07, 6.45) is 26.3. The fourth-order valence-corrected chi connectivity index (χ4v) is 14.6. The second-order valence-corrected chi connectivity index (χ2v) is 28.0. The Hall–Kier alpha value is -7.65. The molecule has 14 rings (SSSR count). The standard InChI is InChI=1S/C33H34FN2.C29H30FN2.C27H26FN2.3Ir/c34-29-18-16-27(17-19-29)33-35-20-21-36(33)32-30(25-12-6-2-7-13-25)22-28(24-10-4-1-5-11-24)23-31(32)26-14-8-3-9-15-26;1-20(2)16-25-18-24(22-8-6-5-7-9-22)19-26(17-21(3)4)28(25)32-15-14-31-29(32)23-10-12-27(30)13-11-23;1-18(2)24-16-22(20-8-6-5-7-9-20)17-25(19(3)4)26(24)30-15-14-29-27(30)21-10-12-23(28)13-11-21;;;/h1,4-5,10-11,16,18-23,25-26H,2-3,6-9,12-15H2;5-10,12-15,18-21H,16-17H2,1-4H3;5-10,12-19H,1-4H3;;;/q3*-1;;;. The summed E-state index contributed by atoms with van der Waals surface area (Å²) in [5.74, 6) is 4.31. The topological polar surface area (TPSA) is 53.5 Å². The summed E-state index contributed by atoms with van der Waals surface area (Å²) in [6, 6.07) is 69.1. The Morgan fingerprint density at radius 1 is 0.366 bits per heavy atom. The molecule has 12 aromatic rings. The van der Waals surface area contributed by atoms with Crippen LogP contribution in [0.2, 0.25) is 0 Å². The first-order valence-corrected chi connectivity index (χ1v) is 35.5. The third kappa shape index (κ3) is 18.8. The van der Waals surface area contributed by atoms with Crippen LogP contribution in [-0.4, -0.2) is 28.7 Å². The van der Waals surface area contributed by atoms with Crippen LogP contribution in [0.3, 0.4) is 0 Å². The molecule has 527 valence electrons. The maximum absolute atomic E-state index is 13.7. The van der Waals surface area contributed by atoms with E-state index >= 15 is 0 Å². The van der Waals surface area contributed by atoms with E-state index in [9.17, 15) is 13.2 Å². The van der Waals surface area contributed by atoms with Crippen molar-refractivity contribution in [2.75, 3.05) is 0 Å². The van der Waals surface area contributed by atoms with Gasteiger partial charge in [0.25, 0.3) is 0 Å². The van der Waals surface area contributed by atoms with Gasteiger partial charge < -0.3 is 13.7 Å². The fraction of sp³-hybridized carbons (Fsp3) is 0.292. The van der Waals surface area contributed by atoms with Gasteiger partial charge in [0.05, 0.1) is 17.5 Å². The number of halogens is 3. The zero-order valence-electron chi connectivity index (χ0n) is 59.1. The van der Waals surface area contributed by atoms with Crippen molar-refractivity contribution in [2.45, 2.75) is 156 Å². The molecule has 0 amide bonds. The number of benzene rings is 9. The molecule has 6 nitrogen and oxygen atoms in total. The molecule has 2 aliphatic carbocycles. The number of aromatic nitrogens is 6. The number of nitrogens with zero attached hydrogens (tertiary/aromatic N) is 6. The summed E-state index contributed by atoms with van der Waals surface area (Å²) in [7, 11) is 0. The molecule has 2 saturated carbocycles. The van der Waals surface area contributed by atoms with E-state index in [-0.39, 0.29) is 77.8 Å². The molecule has 2 fully saturated rings. The molecule has 0 atom stereocenters. The van der Waals surface area contributed by atoms with Gasteiger partial charge in [0.15, 0.2) is 0 Å². The zero-order chi connectivity index (χ0) is 68.2. The molecule has 9 aromatic carbocycles.